The number of hydrogen-bond donors (Lipinski definition) is 0. The third-order valence-electron chi connectivity index (χ3n) is 4.12. The van der Waals surface area contributed by atoms with Crippen LogP contribution in [0.2, 0.25) is 0 Å². The van der Waals surface area contributed by atoms with Crippen molar-refractivity contribution in [2.24, 2.45) is 0 Å². The molecule has 0 spiro atoms. The summed E-state index contributed by atoms with van der Waals surface area (Å²) >= 11 is 0. The summed E-state index contributed by atoms with van der Waals surface area (Å²) in [5.41, 5.74) is 0. The molecule has 0 aromatic carbocycles. The molecule has 19 heavy (non-hydrogen) atoms. The lowest BCUT2D eigenvalue weighted by molar-refractivity contribution is 0.158. The van der Waals surface area contributed by atoms with Crippen LogP contribution in [0.4, 0.5) is 0 Å². The quantitative estimate of drug-likeness (QED) is 0.805. The summed E-state index contributed by atoms with van der Waals surface area (Å²) in [6.45, 7) is 5.82. The first-order chi connectivity index (χ1) is 9.11. The number of piperazine rings is 1. The minimum absolute atomic E-state index is 0.320. The predicted octanol–water partition coefficient (Wildman–Crippen LogP) is 0.372. The number of fused-ring (bicyclic) bond motifs is 1. The minimum Gasteiger partial charge on any atom is -0.298 e. The molecule has 0 amide bonds. The van der Waals surface area contributed by atoms with Gasteiger partial charge in [-0.25, -0.2) is 8.42 Å². The Hall–Kier alpha value is -0.920. The van der Waals surface area contributed by atoms with Gasteiger partial charge in [0.1, 0.15) is 4.90 Å². The van der Waals surface area contributed by atoms with Crippen LogP contribution in [0.5, 0.6) is 0 Å². The molecular formula is C12H20N4O2S. The molecule has 0 bridgehead atoms. The van der Waals surface area contributed by atoms with Gasteiger partial charge in [0.25, 0.3) is 0 Å². The van der Waals surface area contributed by atoms with E-state index in [4.69, 9.17) is 0 Å². The van der Waals surface area contributed by atoms with Gasteiger partial charge in [-0.15, -0.1) is 0 Å². The Morgan fingerprint density at radius 3 is 2.95 bits per heavy atom. The fourth-order valence-electron chi connectivity index (χ4n) is 2.98. The first-order valence-electron chi connectivity index (χ1n) is 6.88. The summed E-state index contributed by atoms with van der Waals surface area (Å²) in [6.07, 6.45) is 5.38. The molecule has 1 aromatic rings. The smallest absolute Gasteiger partial charge is 0.246 e. The molecule has 2 saturated heterocycles. The third kappa shape index (κ3) is 2.30. The van der Waals surface area contributed by atoms with E-state index >= 15 is 0 Å². The van der Waals surface area contributed by atoms with Crippen LogP contribution in [-0.2, 0) is 16.6 Å². The van der Waals surface area contributed by atoms with Crippen LogP contribution in [0, 0.1) is 0 Å². The maximum absolute atomic E-state index is 12.6. The second-order valence-electron chi connectivity index (χ2n) is 5.23. The van der Waals surface area contributed by atoms with Crippen LogP contribution in [0.1, 0.15) is 19.8 Å². The van der Waals surface area contributed by atoms with Gasteiger partial charge in [0.05, 0.1) is 6.20 Å². The van der Waals surface area contributed by atoms with Gasteiger partial charge < -0.3 is 0 Å². The molecule has 0 N–H and O–H groups in total. The number of sulfonamides is 1. The zero-order valence-electron chi connectivity index (χ0n) is 11.2. The van der Waals surface area contributed by atoms with E-state index in [1.165, 1.54) is 12.6 Å². The highest BCUT2D eigenvalue weighted by Gasteiger charge is 2.36. The molecule has 0 saturated carbocycles. The number of aryl methyl sites for hydroxylation is 1. The summed E-state index contributed by atoms with van der Waals surface area (Å²) in [5, 5.41) is 4.06. The molecule has 3 rings (SSSR count). The molecule has 2 aliphatic rings. The molecule has 3 heterocycles. The van der Waals surface area contributed by atoms with Gasteiger partial charge >= 0.3 is 0 Å². The molecular weight excluding hydrogens is 264 g/mol. The van der Waals surface area contributed by atoms with Crippen LogP contribution in [0.15, 0.2) is 17.3 Å². The molecule has 2 aliphatic heterocycles. The summed E-state index contributed by atoms with van der Waals surface area (Å²) in [4.78, 5) is 2.72. The number of aromatic nitrogens is 2. The third-order valence-corrected chi connectivity index (χ3v) is 5.94. The Morgan fingerprint density at radius 1 is 1.37 bits per heavy atom. The van der Waals surface area contributed by atoms with Crippen molar-refractivity contribution in [3.05, 3.63) is 12.4 Å². The Labute approximate surface area is 114 Å². The summed E-state index contributed by atoms with van der Waals surface area (Å²) < 4.78 is 28.4. The van der Waals surface area contributed by atoms with Gasteiger partial charge in [0.2, 0.25) is 10.0 Å². The van der Waals surface area contributed by atoms with Crippen LogP contribution < -0.4 is 0 Å². The molecule has 0 aliphatic carbocycles. The molecule has 0 radical (unpaired) electrons. The average molecular weight is 284 g/mol. The number of rotatable bonds is 3. The van der Waals surface area contributed by atoms with Crippen molar-refractivity contribution >= 4 is 10.0 Å². The normalized spacial score (nSPS) is 25.6. The molecule has 2 fully saturated rings. The van der Waals surface area contributed by atoms with Crippen LogP contribution in [0.3, 0.4) is 0 Å². The van der Waals surface area contributed by atoms with Gasteiger partial charge in [-0.3, -0.25) is 9.58 Å². The highest BCUT2D eigenvalue weighted by Crippen LogP contribution is 2.25. The lowest BCUT2D eigenvalue weighted by Crippen LogP contribution is -2.51. The van der Waals surface area contributed by atoms with E-state index in [1.807, 2.05) is 6.92 Å². The summed E-state index contributed by atoms with van der Waals surface area (Å²) in [6, 6.07) is 0.407. The van der Waals surface area contributed by atoms with Crippen LogP contribution in [0.25, 0.3) is 0 Å². The van der Waals surface area contributed by atoms with Crippen molar-refractivity contribution in [2.45, 2.75) is 37.2 Å². The minimum atomic E-state index is -3.37. The van der Waals surface area contributed by atoms with Crippen LogP contribution in [-0.4, -0.2) is 59.6 Å². The fraction of sp³-hybridized carbons (Fsp3) is 0.750. The monoisotopic (exact) mass is 284 g/mol. The Morgan fingerprint density at radius 2 is 2.21 bits per heavy atom. The van der Waals surface area contributed by atoms with Crippen molar-refractivity contribution in [1.82, 2.24) is 19.0 Å². The Balaban J connectivity index is 1.80. The van der Waals surface area contributed by atoms with Crippen molar-refractivity contribution in [3.63, 3.8) is 0 Å². The van der Waals surface area contributed by atoms with Crippen molar-refractivity contribution < 1.29 is 8.42 Å². The van der Waals surface area contributed by atoms with Crippen molar-refractivity contribution in [1.29, 1.82) is 0 Å². The van der Waals surface area contributed by atoms with Gasteiger partial charge in [0.15, 0.2) is 0 Å². The van der Waals surface area contributed by atoms with E-state index in [-0.39, 0.29) is 0 Å². The Bertz CT molecular complexity index is 554. The lowest BCUT2D eigenvalue weighted by atomic mass is 10.2. The summed E-state index contributed by atoms with van der Waals surface area (Å²) in [5.74, 6) is 0. The second-order valence-corrected chi connectivity index (χ2v) is 7.16. The van der Waals surface area contributed by atoms with Gasteiger partial charge in [-0.1, -0.05) is 0 Å². The maximum Gasteiger partial charge on any atom is 0.246 e. The molecule has 7 heteroatoms. The Kier molecular flexibility index (Phi) is 3.36. The van der Waals surface area contributed by atoms with Gasteiger partial charge in [-0.05, 0) is 26.3 Å². The highest BCUT2D eigenvalue weighted by atomic mass is 32.2. The van der Waals surface area contributed by atoms with E-state index in [9.17, 15) is 8.42 Å². The average Bonchev–Trinajstić information content (AvgIpc) is 3.06. The molecule has 106 valence electrons. The topological polar surface area (TPSA) is 58.4 Å². The lowest BCUT2D eigenvalue weighted by Gasteiger charge is -2.36. The fourth-order valence-corrected chi connectivity index (χ4v) is 4.40. The van der Waals surface area contributed by atoms with E-state index in [2.05, 4.69) is 10.00 Å². The molecule has 1 aromatic heterocycles. The van der Waals surface area contributed by atoms with E-state index in [0.717, 1.165) is 19.5 Å². The van der Waals surface area contributed by atoms with Crippen molar-refractivity contribution in [2.75, 3.05) is 26.2 Å². The maximum atomic E-state index is 12.6. The van der Waals surface area contributed by atoms with Gasteiger partial charge in [0, 0.05) is 38.4 Å². The first-order valence-corrected chi connectivity index (χ1v) is 8.32. The predicted molar refractivity (Wildman–Crippen MR) is 71.3 cm³/mol. The zero-order chi connectivity index (χ0) is 13.5. The van der Waals surface area contributed by atoms with E-state index < -0.39 is 10.0 Å². The standard InChI is InChI=1S/C12H20N4O2S/c1-2-15-10-12(8-13-15)19(17,18)16-7-6-14-5-3-4-11(14)9-16/h8,10-11H,2-7,9H2,1H3. The number of hydrogen-bond acceptors (Lipinski definition) is 4. The van der Waals surface area contributed by atoms with Gasteiger partial charge in [-0.2, -0.15) is 9.40 Å². The zero-order valence-corrected chi connectivity index (χ0v) is 12.0. The SMILES string of the molecule is CCn1cc(S(=O)(=O)N2CCN3CCCC3C2)cn1. The summed E-state index contributed by atoms with van der Waals surface area (Å²) in [7, 11) is -3.37. The van der Waals surface area contributed by atoms with Crippen molar-refractivity contribution in [3.8, 4) is 0 Å². The van der Waals surface area contributed by atoms with E-state index in [0.29, 0.717) is 30.6 Å². The first kappa shape index (κ1) is 13.1. The number of nitrogens with zero attached hydrogens (tertiary/aromatic N) is 4. The van der Waals surface area contributed by atoms with E-state index in [1.54, 1.807) is 15.2 Å². The second kappa shape index (κ2) is 4.88. The molecule has 1 atom stereocenters. The largest absolute Gasteiger partial charge is 0.298 e. The highest BCUT2D eigenvalue weighted by molar-refractivity contribution is 7.89. The van der Waals surface area contributed by atoms with Crippen LogP contribution >= 0.6 is 0 Å². The molecule has 1 unspecified atom stereocenters. The molecule has 6 nitrogen and oxygen atoms in total.